The fraction of sp³-hybridized carbons (Fsp3) is 0.667. The molecule has 0 bridgehead atoms. The number of hydrogen-bond donors (Lipinski definition) is 5. The Hall–Kier alpha value is -0.580. The number of carbonyl (C=O) groups excluding carboxylic acids is 1. The summed E-state index contributed by atoms with van der Waals surface area (Å²) >= 11 is 1.40. The minimum Gasteiger partial charge on any atom is -0.303 e. The molecule has 1 rings (SSSR count). The third-order valence-corrected chi connectivity index (χ3v) is 7.26. The Morgan fingerprint density at radius 1 is 0.971 bits per heavy atom. The van der Waals surface area contributed by atoms with Crippen molar-refractivity contribution in [1.82, 2.24) is 5.32 Å². The van der Waals surface area contributed by atoms with Gasteiger partial charge in [0.1, 0.15) is 6.10 Å². The molecule has 0 saturated carbocycles. The number of thioether (sulfide) groups is 1. The fourth-order valence-electron chi connectivity index (χ4n) is 3.59. The van der Waals surface area contributed by atoms with Gasteiger partial charge in [0.25, 0.3) is 0 Å². The summed E-state index contributed by atoms with van der Waals surface area (Å²) in [7, 11) is -10.0. The van der Waals surface area contributed by atoms with Crippen molar-refractivity contribution in [1.29, 1.82) is 0 Å². The van der Waals surface area contributed by atoms with E-state index in [2.05, 4.69) is 5.32 Å². The maximum absolute atomic E-state index is 13.2. The Balaban J connectivity index is 3.17. The van der Waals surface area contributed by atoms with Crippen LogP contribution in [0.4, 0.5) is 0 Å². The molecule has 1 aromatic carbocycles. The molecule has 5 N–H and O–H groups in total. The van der Waals surface area contributed by atoms with Crippen LogP contribution in [0.1, 0.15) is 53.9 Å². The van der Waals surface area contributed by atoms with Gasteiger partial charge in [-0.05, 0) is 44.2 Å². The monoisotopic (exact) mass is 541 g/mol. The molecule has 0 aliphatic carbocycles. The second-order valence-corrected chi connectivity index (χ2v) is 12.2. The quantitative estimate of drug-likeness (QED) is 0.152. The Labute approximate surface area is 205 Å². The van der Waals surface area contributed by atoms with E-state index in [9.17, 15) is 33.5 Å². The molecule has 0 spiro atoms. The highest BCUT2D eigenvalue weighted by molar-refractivity contribution is 8.00. The zero-order valence-corrected chi connectivity index (χ0v) is 22.7. The van der Waals surface area contributed by atoms with Crippen LogP contribution in [0.3, 0.4) is 0 Å². The minimum atomic E-state index is -5.05. The molecule has 0 fully saturated rings. The van der Waals surface area contributed by atoms with Gasteiger partial charge in [-0.2, -0.15) is 0 Å². The third kappa shape index (κ3) is 11.9. The summed E-state index contributed by atoms with van der Waals surface area (Å²) in [5, 5.41) is 2.71. The smallest absolute Gasteiger partial charge is 0.303 e. The zero-order valence-electron chi connectivity index (χ0n) is 20.1. The molecule has 0 amide bonds. The van der Waals surface area contributed by atoms with Gasteiger partial charge in [0, 0.05) is 10.9 Å². The number of nitrogens with one attached hydrogen (secondary N) is 1. The summed E-state index contributed by atoms with van der Waals surface area (Å²) in [6.07, 6.45) is -2.02. The minimum absolute atomic E-state index is 0.0684. The van der Waals surface area contributed by atoms with E-state index < -0.39 is 45.2 Å². The maximum Gasteiger partial charge on any atom is 0.469 e. The molecule has 13 heteroatoms. The van der Waals surface area contributed by atoms with E-state index >= 15 is 0 Å². The Bertz CT molecular complexity index is 846. The van der Waals surface area contributed by atoms with Crippen molar-refractivity contribution in [3.05, 3.63) is 30.3 Å². The molecule has 196 valence electrons. The second-order valence-electron chi connectivity index (χ2n) is 8.44. The molecule has 5 atom stereocenters. The van der Waals surface area contributed by atoms with E-state index in [1.165, 1.54) is 11.8 Å². The Kier molecular flexibility index (Phi) is 13.2. The van der Waals surface area contributed by atoms with Crippen LogP contribution in [-0.4, -0.2) is 54.9 Å². The summed E-state index contributed by atoms with van der Waals surface area (Å²) < 4.78 is 33.3. The SMILES string of the molecule is CCC(NC(CC)C(OP(=O)(O)O)C(CC(C)C)OP(=O)(O)O)C(=O)C(C)Sc1ccccc1. The predicted molar refractivity (Wildman–Crippen MR) is 131 cm³/mol. The van der Waals surface area contributed by atoms with Gasteiger partial charge >= 0.3 is 15.6 Å². The van der Waals surface area contributed by atoms with Crippen molar-refractivity contribution >= 4 is 33.2 Å². The van der Waals surface area contributed by atoms with Gasteiger partial charge in [-0.15, -0.1) is 11.8 Å². The molecule has 34 heavy (non-hydrogen) atoms. The van der Waals surface area contributed by atoms with Gasteiger partial charge < -0.3 is 24.9 Å². The van der Waals surface area contributed by atoms with Crippen LogP contribution >= 0.6 is 27.4 Å². The van der Waals surface area contributed by atoms with Crippen molar-refractivity contribution in [2.45, 2.75) is 88.3 Å². The zero-order chi connectivity index (χ0) is 26.1. The lowest BCUT2D eigenvalue weighted by atomic mass is 9.94. The average Bonchev–Trinajstić information content (AvgIpc) is 2.71. The highest BCUT2D eigenvalue weighted by Crippen LogP contribution is 2.45. The summed E-state index contributed by atoms with van der Waals surface area (Å²) in [6.45, 7) is 8.86. The van der Waals surface area contributed by atoms with Gasteiger partial charge in [-0.25, -0.2) is 9.13 Å². The van der Waals surface area contributed by atoms with Gasteiger partial charge in [-0.1, -0.05) is 45.9 Å². The number of ketones is 1. The van der Waals surface area contributed by atoms with Gasteiger partial charge in [0.15, 0.2) is 5.78 Å². The van der Waals surface area contributed by atoms with E-state index in [1.54, 1.807) is 34.6 Å². The molecule has 0 aromatic heterocycles. The molecule has 0 saturated heterocycles. The largest absolute Gasteiger partial charge is 0.469 e. The lowest BCUT2D eigenvalue weighted by Gasteiger charge is -2.36. The van der Waals surface area contributed by atoms with Crippen LogP contribution in [-0.2, 0) is 23.0 Å². The number of phosphoric ester groups is 2. The topological polar surface area (TPSA) is 163 Å². The number of benzene rings is 1. The lowest BCUT2D eigenvalue weighted by Crippen LogP contribution is -2.54. The number of Topliss-reactive ketones (excluding diaryl/α,β-unsaturated/α-hetero) is 1. The summed E-state index contributed by atoms with van der Waals surface area (Å²) in [4.78, 5) is 51.9. The van der Waals surface area contributed by atoms with Gasteiger partial charge in [0.05, 0.1) is 17.4 Å². The van der Waals surface area contributed by atoms with E-state index in [0.717, 1.165) is 4.90 Å². The molecule has 0 aliphatic rings. The fourth-order valence-corrected chi connectivity index (χ4v) is 5.75. The van der Waals surface area contributed by atoms with Crippen molar-refractivity contribution in [2.24, 2.45) is 5.92 Å². The van der Waals surface area contributed by atoms with Crippen LogP contribution in [0.5, 0.6) is 0 Å². The highest BCUT2D eigenvalue weighted by atomic mass is 32.2. The number of carbonyl (C=O) groups is 1. The van der Waals surface area contributed by atoms with Crippen molar-refractivity contribution < 1.29 is 42.5 Å². The lowest BCUT2D eigenvalue weighted by molar-refractivity contribution is -0.121. The van der Waals surface area contributed by atoms with Crippen molar-refractivity contribution in [3.8, 4) is 0 Å². The summed E-state index contributed by atoms with van der Waals surface area (Å²) in [6, 6.07) is 7.94. The molecule has 5 unspecified atom stereocenters. The third-order valence-electron chi connectivity index (χ3n) is 5.06. The van der Waals surface area contributed by atoms with Crippen molar-refractivity contribution in [2.75, 3.05) is 0 Å². The normalized spacial score (nSPS) is 17.2. The number of phosphoric acid groups is 2. The first-order valence-corrected chi connectivity index (χ1v) is 15.1. The molecule has 0 heterocycles. The first-order chi connectivity index (χ1) is 15.7. The molecule has 1 aromatic rings. The van der Waals surface area contributed by atoms with Gasteiger partial charge in [-0.3, -0.25) is 13.8 Å². The second kappa shape index (κ2) is 14.2. The first kappa shape index (κ1) is 31.4. The Morgan fingerprint density at radius 2 is 1.53 bits per heavy atom. The van der Waals surface area contributed by atoms with Crippen LogP contribution < -0.4 is 5.32 Å². The van der Waals surface area contributed by atoms with E-state index in [1.807, 2.05) is 30.3 Å². The molecule has 0 radical (unpaired) electrons. The number of rotatable bonds is 16. The molecular formula is C21H37NO9P2S. The maximum atomic E-state index is 13.2. The first-order valence-electron chi connectivity index (χ1n) is 11.2. The van der Waals surface area contributed by atoms with E-state index in [0.29, 0.717) is 6.42 Å². The van der Waals surface area contributed by atoms with Crippen LogP contribution in [0.25, 0.3) is 0 Å². The molecular weight excluding hydrogens is 504 g/mol. The molecule has 0 aliphatic heterocycles. The van der Waals surface area contributed by atoms with E-state index in [4.69, 9.17) is 9.05 Å². The predicted octanol–water partition coefficient (Wildman–Crippen LogP) is 3.89. The average molecular weight is 542 g/mol. The molecule has 10 nitrogen and oxygen atoms in total. The van der Waals surface area contributed by atoms with Crippen molar-refractivity contribution in [3.63, 3.8) is 0 Å². The van der Waals surface area contributed by atoms with Crippen LogP contribution in [0.15, 0.2) is 35.2 Å². The highest BCUT2D eigenvalue weighted by Gasteiger charge is 2.40. The standard InChI is InChI=1S/C21H37NO9P2S/c1-6-17(20(23)15(5)34-16-11-9-8-10-12-16)22-18(7-2)21(31-33(27,28)29)19(13-14(3)4)30-32(24,25)26/h8-12,14-15,17-19,21-22H,6-7,13H2,1-5H3,(H2,24,25,26)(H2,27,28,29). The summed E-state index contributed by atoms with van der Waals surface area (Å²) in [5.41, 5.74) is 0. The van der Waals surface area contributed by atoms with Crippen LogP contribution in [0, 0.1) is 5.92 Å². The van der Waals surface area contributed by atoms with Crippen LogP contribution in [0.2, 0.25) is 0 Å². The van der Waals surface area contributed by atoms with E-state index in [-0.39, 0.29) is 24.5 Å². The van der Waals surface area contributed by atoms with Gasteiger partial charge in [0.2, 0.25) is 0 Å². The number of hydrogen-bond acceptors (Lipinski definition) is 7. The Morgan fingerprint density at radius 3 is 1.97 bits per heavy atom. The summed E-state index contributed by atoms with van der Waals surface area (Å²) in [5.74, 6) is -0.233.